The standard InChI is InChI=1S/C11H15NO2/c1-7-5-10(13)12(11(7)14)8(2)6-9-3-4-9/h5,8-9H,3-4,6H2,1-2H3. The molecule has 1 fully saturated rings. The molecule has 0 bridgehead atoms. The van der Waals surface area contributed by atoms with Gasteiger partial charge in [-0.3, -0.25) is 14.5 Å². The first-order chi connectivity index (χ1) is 6.59. The summed E-state index contributed by atoms with van der Waals surface area (Å²) in [7, 11) is 0. The molecule has 0 radical (unpaired) electrons. The van der Waals surface area contributed by atoms with Crippen LogP contribution in [0.15, 0.2) is 11.6 Å². The van der Waals surface area contributed by atoms with Gasteiger partial charge in [0.1, 0.15) is 0 Å². The molecule has 1 unspecified atom stereocenters. The van der Waals surface area contributed by atoms with Gasteiger partial charge in [0.05, 0.1) is 0 Å². The zero-order valence-electron chi connectivity index (χ0n) is 8.62. The highest BCUT2D eigenvalue weighted by atomic mass is 16.2. The van der Waals surface area contributed by atoms with Crippen LogP contribution in [0.5, 0.6) is 0 Å². The molecule has 3 heteroatoms. The lowest BCUT2D eigenvalue weighted by molar-refractivity contribution is -0.139. The summed E-state index contributed by atoms with van der Waals surface area (Å²) in [6, 6.07) is 0.0659. The second-order valence-electron chi connectivity index (χ2n) is 4.37. The first kappa shape index (κ1) is 9.44. The van der Waals surface area contributed by atoms with Crippen molar-refractivity contribution in [3.8, 4) is 0 Å². The van der Waals surface area contributed by atoms with Crippen LogP contribution < -0.4 is 0 Å². The summed E-state index contributed by atoms with van der Waals surface area (Å²) >= 11 is 0. The van der Waals surface area contributed by atoms with Crippen molar-refractivity contribution in [2.24, 2.45) is 5.92 Å². The average molecular weight is 193 g/mol. The minimum Gasteiger partial charge on any atom is -0.272 e. The minimum atomic E-state index is -0.138. The molecule has 0 aromatic carbocycles. The van der Waals surface area contributed by atoms with Crippen LogP contribution in [-0.4, -0.2) is 22.8 Å². The van der Waals surface area contributed by atoms with Crippen molar-refractivity contribution < 1.29 is 9.59 Å². The van der Waals surface area contributed by atoms with Crippen LogP contribution in [0.4, 0.5) is 0 Å². The van der Waals surface area contributed by atoms with Gasteiger partial charge in [0.2, 0.25) is 0 Å². The minimum absolute atomic E-state index is 0.0659. The van der Waals surface area contributed by atoms with Crippen LogP contribution in [0.2, 0.25) is 0 Å². The summed E-state index contributed by atoms with van der Waals surface area (Å²) in [5.41, 5.74) is 0.567. The number of carbonyl (C=O) groups excluding carboxylic acids is 2. The van der Waals surface area contributed by atoms with E-state index in [0.717, 1.165) is 12.3 Å². The summed E-state index contributed by atoms with van der Waals surface area (Å²) in [5, 5.41) is 0. The molecule has 2 rings (SSSR count). The average Bonchev–Trinajstić information content (AvgIpc) is 2.83. The molecule has 3 nitrogen and oxygen atoms in total. The van der Waals surface area contributed by atoms with E-state index in [0.29, 0.717) is 5.57 Å². The lowest BCUT2D eigenvalue weighted by atomic mass is 10.1. The largest absolute Gasteiger partial charge is 0.272 e. The van der Waals surface area contributed by atoms with Crippen molar-refractivity contribution in [3.05, 3.63) is 11.6 Å². The fourth-order valence-corrected chi connectivity index (χ4v) is 1.97. The van der Waals surface area contributed by atoms with Gasteiger partial charge in [0, 0.05) is 17.7 Å². The predicted octanol–water partition coefficient (Wildman–Crippen LogP) is 1.49. The van der Waals surface area contributed by atoms with Crippen LogP contribution in [0.25, 0.3) is 0 Å². The second kappa shape index (κ2) is 3.23. The van der Waals surface area contributed by atoms with Crippen LogP contribution in [0.1, 0.15) is 33.1 Å². The van der Waals surface area contributed by atoms with Crippen LogP contribution >= 0.6 is 0 Å². The van der Waals surface area contributed by atoms with Gasteiger partial charge in [-0.15, -0.1) is 0 Å². The number of hydrogen-bond donors (Lipinski definition) is 0. The third-order valence-corrected chi connectivity index (χ3v) is 2.95. The van der Waals surface area contributed by atoms with Crippen molar-refractivity contribution in [2.75, 3.05) is 0 Å². The number of hydrogen-bond acceptors (Lipinski definition) is 2. The molecular formula is C11H15NO2. The van der Waals surface area contributed by atoms with Gasteiger partial charge in [0.25, 0.3) is 11.8 Å². The van der Waals surface area contributed by atoms with E-state index < -0.39 is 0 Å². The van der Waals surface area contributed by atoms with E-state index in [9.17, 15) is 9.59 Å². The third-order valence-electron chi connectivity index (χ3n) is 2.95. The highest BCUT2D eigenvalue weighted by Gasteiger charge is 2.35. The first-order valence-corrected chi connectivity index (χ1v) is 5.15. The summed E-state index contributed by atoms with van der Waals surface area (Å²) in [5.74, 6) is 0.496. The van der Waals surface area contributed by atoms with E-state index in [2.05, 4.69) is 0 Å². The Labute approximate surface area is 83.8 Å². The van der Waals surface area contributed by atoms with Gasteiger partial charge in [-0.05, 0) is 26.2 Å². The van der Waals surface area contributed by atoms with E-state index in [-0.39, 0.29) is 17.9 Å². The van der Waals surface area contributed by atoms with Gasteiger partial charge in [-0.1, -0.05) is 12.8 Å². The number of amides is 2. The van der Waals surface area contributed by atoms with Gasteiger partial charge < -0.3 is 0 Å². The lowest BCUT2D eigenvalue weighted by Gasteiger charge is -2.22. The number of imide groups is 1. The van der Waals surface area contributed by atoms with E-state index in [1.807, 2.05) is 6.92 Å². The number of nitrogens with zero attached hydrogens (tertiary/aromatic N) is 1. The Kier molecular flexibility index (Phi) is 2.17. The Morgan fingerprint density at radius 3 is 2.57 bits per heavy atom. The molecular weight excluding hydrogens is 178 g/mol. The van der Waals surface area contributed by atoms with E-state index in [1.54, 1.807) is 6.92 Å². The van der Waals surface area contributed by atoms with Gasteiger partial charge in [-0.25, -0.2) is 0 Å². The van der Waals surface area contributed by atoms with Crippen molar-refractivity contribution in [3.63, 3.8) is 0 Å². The molecule has 0 aromatic rings. The zero-order chi connectivity index (χ0) is 10.3. The SMILES string of the molecule is CC1=CC(=O)N(C(C)CC2CC2)C1=O. The van der Waals surface area contributed by atoms with Crippen LogP contribution in [0.3, 0.4) is 0 Å². The van der Waals surface area contributed by atoms with Crippen molar-refractivity contribution >= 4 is 11.8 Å². The topological polar surface area (TPSA) is 37.4 Å². The van der Waals surface area contributed by atoms with Crippen LogP contribution in [-0.2, 0) is 9.59 Å². The Morgan fingerprint density at radius 2 is 2.14 bits per heavy atom. The Morgan fingerprint density at radius 1 is 1.50 bits per heavy atom. The van der Waals surface area contributed by atoms with Crippen molar-refractivity contribution in [1.29, 1.82) is 0 Å². The molecule has 76 valence electrons. The fraction of sp³-hybridized carbons (Fsp3) is 0.636. The maximum atomic E-state index is 11.6. The van der Waals surface area contributed by atoms with Gasteiger partial charge >= 0.3 is 0 Å². The molecule has 0 N–H and O–H groups in total. The third kappa shape index (κ3) is 1.59. The van der Waals surface area contributed by atoms with Gasteiger partial charge in [-0.2, -0.15) is 0 Å². The zero-order valence-corrected chi connectivity index (χ0v) is 8.62. The quantitative estimate of drug-likeness (QED) is 0.637. The maximum absolute atomic E-state index is 11.6. The van der Waals surface area contributed by atoms with E-state index in [4.69, 9.17) is 0 Å². The fourth-order valence-electron chi connectivity index (χ4n) is 1.97. The second-order valence-corrected chi connectivity index (χ2v) is 4.37. The normalized spacial score (nSPS) is 24.1. The molecule has 2 aliphatic rings. The Balaban J connectivity index is 2.03. The van der Waals surface area contributed by atoms with Crippen molar-refractivity contribution in [2.45, 2.75) is 39.2 Å². The lowest BCUT2D eigenvalue weighted by Crippen LogP contribution is -2.39. The van der Waals surface area contributed by atoms with Crippen LogP contribution in [0, 0.1) is 5.92 Å². The van der Waals surface area contributed by atoms with E-state index in [1.165, 1.54) is 23.8 Å². The highest BCUT2D eigenvalue weighted by Crippen LogP contribution is 2.35. The molecule has 1 aliphatic heterocycles. The summed E-state index contributed by atoms with van der Waals surface area (Å²) in [6.07, 6.45) is 4.92. The molecule has 1 heterocycles. The molecule has 0 saturated heterocycles. The predicted molar refractivity (Wildman–Crippen MR) is 52.4 cm³/mol. The summed E-state index contributed by atoms with van der Waals surface area (Å²) < 4.78 is 0. The maximum Gasteiger partial charge on any atom is 0.256 e. The molecule has 0 spiro atoms. The molecule has 14 heavy (non-hydrogen) atoms. The number of rotatable bonds is 3. The first-order valence-electron chi connectivity index (χ1n) is 5.15. The molecule has 0 aromatic heterocycles. The summed E-state index contributed by atoms with van der Waals surface area (Å²) in [4.78, 5) is 24.5. The molecule has 1 saturated carbocycles. The molecule has 2 amide bonds. The molecule has 1 atom stereocenters. The Bertz CT molecular complexity index is 315. The number of carbonyl (C=O) groups is 2. The smallest absolute Gasteiger partial charge is 0.256 e. The highest BCUT2D eigenvalue weighted by molar-refractivity contribution is 6.16. The van der Waals surface area contributed by atoms with Gasteiger partial charge in [0.15, 0.2) is 0 Å². The Hall–Kier alpha value is -1.12. The summed E-state index contributed by atoms with van der Waals surface area (Å²) in [6.45, 7) is 3.66. The van der Waals surface area contributed by atoms with Crippen molar-refractivity contribution in [1.82, 2.24) is 4.90 Å². The monoisotopic (exact) mass is 193 g/mol. The van der Waals surface area contributed by atoms with E-state index >= 15 is 0 Å². The molecule has 1 aliphatic carbocycles.